The van der Waals surface area contributed by atoms with Gasteiger partial charge in [0.05, 0.1) is 21.0 Å². The van der Waals surface area contributed by atoms with E-state index in [4.69, 9.17) is 5.11 Å². The Morgan fingerprint density at radius 1 is 0.806 bits per heavy atom. The molecule has 0 spiro atoms. The lowest BCUT2D eigenvalue weighted by Crippen LogP contribution is -2.14. The van der Waals surface area contributed by atoms with Gasteiger partial charge in [-0.3, -0.25) is 13.9 Å². The summed E-state index contributed by atoms with van der Waals surface area (Å²) in [6.07, 6.45) is 0. The van der Waals surface area contributed by atoms with E-state index in [2.05, 4.69) is 5.32 Å². The second-order valence-corrected chi connectivity index (χ2v) is 9.14. The van der Waals surface area contributed by atoms with Gasteiger partial charge in [0.2, 0.25) is 0 Å². The van der Waals surface area contributed by atoms with Gasteiger partial charge in [0.25, 0.3) is 26.1 Å². The maximum atomic E-state index is 12.6. The van der Waals surface area contributed by atoms with Crippen LogP contribution in [0.3, 0.4) is 0 Å². The molecule has 3 aromatic carbocycles. The van der Waals surface area contributed by atoms with Crippen LogP contribution in [-0.4, -0.2) is 48.0 Å². The smallest absolute Gasteiger partial charge is 0.335 e. The number of phenolic OH excluding ortho intramolecular Hbond substituents is 1. The van der Waals surface area contributed by atoms with Crippen molar-refractivity contribution in [3.63, 3.8) is 0 Å². The van der Waals surface area contributed by atoms with Crippen molar-refractivity contribution in [3.8, 4) is 5.75 Å². The number of carboxylic acids is 1. The van der Waals surface area contributed by atoms with E-state index >= 15 is 0 Å². The summed E-state index contributed by atoms with van der Waals surface area (Å²) in [7, 11) is -9.59. The fourth-order valence-electron chi connectivity index (χ4n) is 2.82. The molecule has 11 nitrogen and oxygen atoms in total. The third-order valence-corrected chi connectivity index (χ3v) is 5.85. The topological polar surface area (TPSA) is 195 Å². The molecule has 0 saturated heterocycles. The van der Waals surface area contributed by atoms with Crippen LogP contribution in [0.25, 0.3) is 10.8 Å². The van der Waals surface area contributed by atoms with Gasteiger partial charge in [-0.25, -0.2) is 4.79 Å². The van der Waals surface area contributed by atoms with E-state index in [-0.39, 0.29) is 27.6 Å². The Balaban J connectivity index is 2.22. The average molecular weight is 467 g/mol. The van der Waals surface area contributed by atoms with Crippen LogP contribution in [0.1, 0.15) is 20.7 Å². The number of phenols is 1. The normalized spacial score (nSPS) is 11.9. The van der Waals surface area contributed by atoms with Crippen LogP contribution >= 0.6 is 0 Å². The first-order valence-corrected chi connectivity index (χ1v) is 11.1. The Hall–Kier alpha value is -3.52. The number of hydrogen-bond acceptors (Lipinski definition) is 7. The molecule has 0 aromatic heterocycles. The highest BCUT2D eigenvalue weighted by Crippen LogP contribution is 2.36. The molecular weight excluding hydrogens is 454 g/mol. The zero-order chi connectivity index (χ0) is 23.1. The maximum Gasteiger partial charge on any atom is 0.335 e. The lowest BCUT2D eigenvalue weighted by molar-refractivity contribution is 0.0696. The van der Waals surface area contributed by atoms with Crippen LogP contribution in [0.15, 0.2) is 58.3 Å². The summed E-state index contributed by atoms with van der Waals surface area (Å²) in [6.45, 7) is 0. The number of hydrogen-bond donors (Lipinski definition) is 5. The molecule has 31 heavy (non-hydrogen) atoms. The van der Waals surface area contributed by atoms with Crippen molar-refractivity contribution in [3.05, 3.63) is 59.7 Å². The summed E-state index contributed by atoms with van der Waals surface area (Å²) in [5.74, 6) is -2.89. The monoisotopic (exact) mass is 467 g/mol. The first-order chi connectivity index (χ1) is 14.3. The number of aromatic carboxylic acids is 1. The van der Waals surface area contributed by atoms with E-state index in [1.807, 2.05) is 0 Å². The zero-order valence-corrected chi connectivity index (χ0v) is 16.8. The van der Waals surface area contributed by atoms with Gasteiger partial charge in [0.1, 0.15) is 5.75 Å². The molecule has 0 aliphatic rings. The SMILES string of the molecule is O=C(O)c1cccc(C(=O)Nc2cc(S(=O)(=O)O)cc3cc(S(=O)(=O)O)cc(O)c23)c1. The summed E-state index contributed by atoms with van der Waals surface area (Å²) in [6, 6.07) is 8.07. The number of rotatable bonds is 5. The largest absolute Gasteiger partial charge is 0.507 e. The summed E-state index contributed by atoms with van der Waals surface area (Å²) >= 11 is 0. The molecule has 0 heterocycles. The van der Waals surface area contributed by atoms with E-state index in [1.54, 1.807) is 0 Å². The first kappa shape index (κ1) is 22.2. The number of nitrogens with one attached hydrogen (secondary N) is 1. The van der Waals surface area contributed by atoms with Crippen molar-refractivity contribution in [2.24, 2.45) is 0 Å². The van der Waals surface area contributed by atoms with E-state index in [0.29, 0.717) is 6.07 Å². The molecule has 0 aliphatic heterocycles. The van der Waals surface area contributed by atoms with Crippen LogP contribution in [0.5, 0.6) is 5.75 Å². The number of fused-ring (bicyclic) bond motifs is 1. The summed E-state index contributed by atoms with van der Waals surface area (Å²) in [5.41, 5.74) is -0.626. The van der Waals surface area contributed by atoms with E-state index in [1.165, 1.54) is 18.2 Å². The molecule has 0 radical (unpaired) electrons. The minimum atomic E-state index is -4.82. The Morgan fingerprint density at radius 3 is 1.90 bits per heavy atom. The number of carboxylic acid groups (broad SMARTS) is 1. The molecule has 3 aromatic rings. The lowest BCUT2D eigenvalue weighted by atomic mass is 10.1. The number of amides is 1. The molecule has 5 N–H and O–H groups in total. The highest BCUT2D eigenvalue weighted by atomic mass is 32.2. The highest BCUT2D eigenvalue weighted by Gasteiger charge is 2.21. The van der Waals surface area contributed by atoms with Crippen LogP contribution < -0.4 is 5.32 Å². The second kappa shape index (κ2) is 7.63. The van der Waals surface area contributed by atoms with Crippen molar-refractivity contribution in [1.29, 1.82) is 0 Å². The Morgan fingerprint density at radius 2 is 1.35 bits per heavy atom. The fraction of sp³-hybridized carbons (Fsp3) is 0. The summed E-state index contributed by atoms with van der Waals surface area (Å²) < 4.78 is 64.6. The highest BCUT2D eigenvalue weighted by molar-refractivity contribution is 7.86. The first-order valence-electron chi connectivity index (χ1n) is 8.18. The Labute approximate surface area is 175 Å². The van der Waals surface area contributed by atoms with Crippen molar-refractivity contribution < 1.29 is 45.7 Å². The molecule has 0 aliphatic carbocycles. The van der Waals surface area contributed by atoms with Crippen molar-refractivity contribution in [2.45, 2.75) is 9.79 Å². The molecule has 3 rings (SSSR count). The molecule has 0 atom stereocenters. The van der Waals surface area contributed by atoms with Gasteiger partial charge in [-0.2, -0.15) is 16.8 Å². The van der Waals surface area contributed by atoms with Crippen LogP contribution in [0.2, 0.25) is 0 Å². The number of aromatic hydroxyl groups is 1. The fourth-order valence-corrected chi connectivity index (χ4v) is 3.90. The molecule has 13 heteroatoms. The standard InChI is InChI=1S/C18H13NO10S2/c20-15-8-13(31(27,28)29)6-11-5-12(30(24,25)26)7-14(16(11)15)19-17(21)9-2-1-3-10(4-9)18(22)23/h1-8,20H,(H,19,21)(H,22,23)(H,24,25,26)(H,27,28,29). The third kappa shape index (κ3) is 4.64. The van der Waals surface area contributed by atoms with E-state index < -0.39 is 47.7 Å². The Bertz CT molecular complexity index is 1450. The van der Waals surface area contributed by atoms with E-state index in [0.717, 1.165) is 24.3 Å². The maximum absolute atomic E-state index is 12.6. The van der Waals surface area contributed by atoms with Crippen LogP contribution in [0, 0.1) is 0 Å². The minimum Gasteiger partial charge on any atom is -0.507 e. The predicted octanol–water partition coefficient (Wildman–Crippen LogP) is 1.99. The van der Waals surface area contributed by atoms with Crippen molar-refractivity contribution in [2.75, 3.05) is 5.32 Å². The molecule has 162 valence electrons. The van der Waals surface area contributed by atoms with Crippen molar-refractivity contribution >= 4 is 48.6 Å². The van der Waals surface area contributed by atoms with Crippen LogP contribution in [-0.2, 0) is 20.2 Å². The van der Waals surface area contributed by atoms with Gasteiger partial charge in [-0.05, 0) is 41.8 Å². The van der Waals surface area contributed by atoms with Gasteiger partial charge in [0.15, 0.2) is 0 Å². The zero-order valence-electron chi connectivity index (χ0n) is 15.2. The van der Waals surface area contributed by atoms with Gasteiger partial charge >= 0.3 is 5.97 Å². The Kier molecular flexibility index (Phi) is 5.45. The van der Waals surface area contributed by atoms with Gasteiger partial charge < -0.3 is 15.5 Å². The molecular formula is C18H13NO10S2. The third-order valence-electron chi connectivity index (χ3n) is 4.19. The molecule has 0 fully saturated rings. The van der Waals surface area contributed by atoms with Crippen LogP contribution in [0.4, 0.5) is 5.69 Å². The average Bonchev–Trinajstić information content (AvgIpc) is 2.66. The van der Waals surface area contributed by atoms with Crippen molar-refractivity contribution in [1.82, 2.24) is 0 Å². The minimum absolute atomic E-state index is 0.112. The lowest BCUT2D eigenvalue weighted by Gasteiger charge is -2.13. The molecule has 0 unspecified atom stereocenters. The number of benzene rings is 3. The number of carbonyl (C=O) groups is 2. The van der Waals surface area contributed by atoms with Gasteiger partial charge in [-0.15, -0.1) is 0 Å². The van der Waals surface area contributed by atoms with Gasteiger partial charge in [-0.1, -0.05) is 6.07 Å². The predicted molar refractivity (Wildman–Crippen MR) is 107 cm³/mol. The summed E-state index contributed by atoms with van der Waals surface area (Å²) in [5, 5.41) is 21.2. The second-order valence-electron chi connectivity index (χ2n) is 6.30. The van der Waals surface area contributed by atoms with Gasteiger partial charge in [0, 0.05) is 17.0 Å². The van der Waals surface area contributed by atoms with E-state index in [9.17, 15) is 40.6 Å². The quantitative estimate of drug-likeness (QED) is 0.346. The molecule has 1 amide bonds. The summed E-state index contributed by atoms with van der Waals surface area (Å²) in [4.78, 5) is 22.2. The molecule has 0 saturated carbocycles. The number of anilines is 1. The number of carbonyl (C=O) groups excluding carboxylic acids is 1. The molecule has 0 bridgehead atoms.